The molecule has 0 radical (unpaired) electrons. The fourth-order valence-electron chi connectivity index (χ4n) is 2.64. The standard InChI is InChI=1S/C18H18BrNS/c1-11-8-15(19)9-12(2)18(11)20-13(3)17-10-14-6-4-5-7-16(14)21-17/h4-10,13,20H,1-3H3. The number of anilines is 1. The lowest BCUT2D eigenvalue weighted by Gasteiger charge is -2.18. The predicted molar refractivity (Wildman–Crippen MR) is 97.5 cm³/mol. The van der Waals surface area contributed by atoms with Gasteiger partial charge in [0.05, 0.1) is 6.04 Å². The molecule has 0 fully saturated rings. The van der Waals surface area contributed by atoms with E-state index >= 15 is 0 Å². The number of halogens is 1. The van der Waals surface area contributed by atoms with E-state index in [4.69, 9.17) is 0 Å². The first-order valence-electron chi connectivity index (χ1n) is 7.06. The van der Waals surface area contributed by atoms with Gasteiger partial charge in [0, 0.05) is 19.7 Å². The van der Waals surface area contributed by atoms with Gasteiger partial charge >= 0.3 is 0 Å². The highest BCUT2D eigenvalue weighted by Gasteiger charge is 2.12. The summed E-state index contributed by atoms with van der Waals surface area (Å²) in [6, 6.07) is 15.5. The van der Waals surface area contributed by atoms with Gasteiger partial charge in [-0.1, -0.05) is 34.1 Å². The smallest absolute Gasteiger partial charge is 0.0579 e. The summed E-state index contributed by atoms with van der Waals surface area (Å²) in [6.45, 7) is 6.53. The molecule has 1 atom stereocenters. The largest absolute Gasteiger partial charge is 0.377 e. The Hall–Kier alpha value is -1.32. The third kappa shape index (κ3) is 2.99. The maximum absolute atomic E-state index is 3.67. The van der Waals surface area contributed by atoms with E-state index in [1.54, 1.807) is 0 Å². The highest BCUT2D eigenvalue weighted by Crippen LogP contribution is 2.33. The highest BCUT2D eigenvalue weighted by molar-refractivity contribution is 9.10. The van der Waals surface area contributed by atoms with Gasteiger partial charge in [-0.2, -0.15) is 0 Å². The Balaban J connectivity index is 1.91. The van der Waals surface area contributed by atoms with Crippen LogP contribution in [0.25, 0.3) is 10.1 Å². The van der Waals surface area contributed by atoms with Gasteiger partial charge in [-0.3, -0.25) is 0 Å². The van der Waals surface area contributed by atoms with Crippen molar-refractivity contribution in [2.45, 2.75) is 26.8 Å². The Morgan fingerprint density at radius 3 is 2.38 bits per heavy atom. The second kappa shape index (κ2) is 5.82. The topological polar surface area (TPSA) is 12.0 Å². The number of hydrogen-bond acceptors (Lipinski definition) is 2. The fourth-order valence-corrected chi connectivity index (χ4v) is 4.40. The van der Waals surface area contributed by atoms with Gasteiger partial charge in [0.25, 0.3) is 0 Å². The van der Waals surface area contributed by atoms with E-state index in [1.807, 2.05) is 11.3 Å². The molecule has 0 aliphatic heterocycles. The van der Waals surface area contributed by atoms with Crippen molar-refractivity contribution in [1.29, 1.82) is 0 Å². The van der Waals surface area contributed by atoms with Crippen LogP contribution in [0, 0.1) is 13.8 Å². The molecule has 0 aliphatic rings. The molecular formula is C18H18BrNS. The van der Waals surface area contributed by atoms with Gasteiger partial charge in [0.15, 0.2) is 0 Å². The van der Waals surface area contributed by atoms with E-state index in [0.29, 0.717) is 6.04 Å². The van der Waals surface area contributed by atoms with Gasteiger partial charge in [0.1, 0.15) is 0 Å². The number of fused-ring (bicyclic) bond motifs is 1. The lowest BCUT2D eigenvalue weighted by atomic mass is 10.1. The third-order valence-electron chi connectivity index (χ3n) is 3.73. The minimum absolute atomic E-state index is 0.306. The monoisotopic (exact) mass is 359 g/mol. The Kier molecular flexibility index (Phi) is 4.05. The van der Waals surface area contributed by atoms with Crippen molar-refractivity contribution in [3.8, 4) is 0 Å². The molecule has 3 heteroatoms. The minimum atomic E-state index is 0.306. The van der Waals surface area contributed by atoms with Gasteiger partial charge in [0.2, 0.25) is 0 Å². The van der Waals surface area contributed by atoms with Crippen molar-refractivity contribution in [2.75, 3.05) is 5.32 Å². The van der Waals surface area contributed by atoms with Crippen LogP contribution < -0.4 is 5.32 Å². The second-order valence-electron chi connectivity index (χ2n) is 5.47. The summed E-state index contributed by atoms with van der Waals surface area (Å²) >= 11 is 5.42. The van der Waals surface area contributed by atoms with Crippen molar-refractivity contribution in [1.82, 2.24) is 0 Å². The Morgan fingerprint density at radius 1 is 1.05 bits per heavy atom. The van der Waals surface area contributed by atoms with E-state index in [2.05, 4.69) is 84.5 Å². The summed E-state index contributed by atoms with van der Waals surface area (Å²) in [5, 5.41) is 5.00. The molecule has 3 rings (SSSR count). The summed E-state index contributed by atoms with van der Waals surface area (Å²) in [6.07, 6.45) is 0. The maximum atomic E-state index is 3.67. The van der Waals surface area contributed by atoms with Crippen LogP contribution in [0.1, 0.15) is 29.0 Å². The number of rotatable bonds is 3. The maximum Gasteiger partial charge on any atom is 0.0579 e. The normalized spacial score (nSPS) is 12.6. The van der Waals surface area contributed by atoms with Crippen LogP contribution in [0.5, 0.6) is 0 Å². The second-order valence-corrected chi connectivity index (χ2v) is 7.50. The van der Waals surface area contributed by atoms with Crippen LogP contribution in [-0.2, 0) is 0 Å². The molecule has 1 N–H and O–H groups in total. The Morgan fingerprint density at radius 2 is 1.71 bits per heavy atom. The van der Waals surface area contributed by atoms with Crippen molar-refractivity contribution < 1.29 is 0 Å². The first-order chi connectivity index (χ1) is 10.0. The Labute approximate surface area is 138 Å². The minimum Gasteiger partial charge on any atom is -0.377 e. The van der Waals surface area contributed by atoms with E-state index < -0.39 is 0 Å². The quantitative estimate of drug-likeness (QED) is 0.566. The summed E-state index contributed by atoms with van der Waals surface area (Å²) in [4.78, 5) is 1.37. The molecule has 2 aromatic carbocycles. The number of nitrogens with one attached hydrogen (secondary N) is 1. The van der Waals surface area contributed by atoms with E-state index in [9.17, 15) is 0 Å². The van der Waals surface area contributed by atoms with Crippen LogP contribution in [0.3, 0.4) is 0 Å². The molecule has 1 unspecified atom stereocenters. The summed E-state index contributed by atoms with van der Waals surface area (Å²) < 4.78 is 2.49. The molecule has 0 saturated heterocycles. The number of thiophene rings is 1. The van der Waals surface area contributed by atoms with Crippen molar-refractivity contribution in [3.63, 3.8) is 0 Å². The average Bonchev–Trinajstić information content (AvgIpc) is 2.86. The lowest BCUT2D eigenvalue weighted by Crippen LogP contribution is -2.07. The van der Waals surface area contributed by atoms with E-state index in [1.165, 1.54) is 31.8 Å². The zero-order valence-corrected chi connectivity index (χ0v) is 14.8. The van der Waals surface area contributed by atoms with Crippen LogP contribution >= 0.6 is 27.3 Å². The molecule has 1 heterocycles. The van der Waals surface area contributed by atoms with Gasteiger partial charge in [-0.15, -0.1) is 11.3 Å². The zero-order chi connectivity index (χ0) is 15.0. The lowest BCUT2D eigenvalue weighted by molar-refractivity contribution is 0.903. The molecule has 1 nitrogen and oxygen atoms in total. The molecule has 3 aromatic rings. The van der Waals surface area contributed by atoms with Crippen molar-refractivity contribution >= 4 is 43.0 Å². The van der Waals surface area contributed by atoms with Crippen LogP contribution in [0.4, 0.5) is 5.69 Å². The molecule has 0 spiro atoms. The van der Waals surface area contributed by atoms with E-state index in [-0.39, 0.29) is 0 Å². The molecular weight excluding hydrogens is 342 g/mol. The summed E-state index contributed by atoms with van der Waals surface area (Å²) in [7, 11) is 0. The highest BCUT2D eigenvalue weighted by atomic mass is 79.9. The number of aryl methyl sites for hydroxylation is 2. The predicted octanol–water partition coefficient (Wildman–Crippen LogP) is 6.45. The van der Waals surface area contributed by atoms with Crippen LogP contribution in [0.15, 0.2) is 46.9 Å². The third-order valence-corrected chi connectivity index (χ3v) is 5.49. The van der Waals surface area contributed by atoms with Crippen LogP contribution in [-0.4, -0.2) is 0 Å². The molecule has 21 heavy (non-hydrogen) atoms. The summed E-state index contributed by atoms with van der Waals surface area (Å²) in [5.41, 5.74) is 3.79. The zero-order valence-electron chi connectivity index (χ0n) is 12.4. The fraction of sp³-hybridized carbons (Fsp3) is 0.222. The molecule has 108 valence electrons. The van der Waals surface area contributed by atoms with Crippen LogP contribution in [0.2, 0.25) is 0 Å². The number of benzene rings is 2. The molecule has 1 aromatic heterocycles. The average molecular weight is 360 g/mol. The SMILES string of the molecule is Cc1cc(Br)cc(C)c1NC(C)c1cc2ccccc2s1. The summed E-state index contributed by atoms with van der Waals surface area (Å²) in [5.74, 6) is 0. The van der Waals surface area contributed by atoms with Crippen molar-refractivity contribution in [3.05, 3.63) is 62.9 Å². The molecule has 0 bridgehead atoms. The molecule has 0 aliphatic carbocycles. The van der Waals surface area contributed by atoms with E-state index in [0.717, 1.165) is 4.47 Å². The van der Waals surface area contributed by atoms with Gasteiger partial charge in [-0.25, -0.2) is 0 Å². The first-order valence-corrected chi connectivity index (χ1v) is 8.67. The molecule has 0 saturated carbocycles. The van der Waals surface area contributed by atoms with Crippen molar-refractivity contribution in [2.24, 2.45) is 0 Å². The number of hydrogen-bond donors (Lipinski definition) is 1. The van der Waals surface area contributed by atoms with Gasteiger partial charge < -0.3 is 5.32 Å². The molecule has 0 amide bonds. The first kappa shape index (κ1) is 14.6. The Bertz CT molecular complexity index is 735. The van der Waals surface area contributed by atoms with Gasteiger partial charge in [-0.05, 0) is 61.5 Å².